The SMILES string of the molecule is CC(=O)Nc1ccc(C(=O)COC(=O)c2cccnc2SCc2cc(C)on2)cc1. The average Bonchev–Trinajstić information content (AvgIpc) is 3.15. The predicted molar refractivity (Wildman–Crippen MR) is 110 cm³/mol. The Bertz CT molecular complexity index is 1060. The largest absolute Gasteiger partial charge is 0.454 e. The summed E-state index contributed by atoms with van der Waals surface area (Å²) in [6.07, 6.45) is 1.58. The molecular weight excluding hydrogens is 406 g/mol. The first-order valence-corrected chi connectivity index (χ1v) is 9.99. The molecule has 0 aliphatic rings. The topological polar surface area (TPSA) is 111 Å². The number of benzene rings is 1. The van der Waals surface area contributed by atoms with Crippen molar-refractivity contribution in [1.82, 2.24) is 10.1 Å². The van der Waals surface area contributed by atoms with Crippen LogP contribution in [0.3, 0.4) is 0 Å². The molecule has 30 heavy (non-hydrogen) atoms. The maximum atomic E-state index is 12.5. The molecule has 2 heterocycles. The van der Waals surface area contributed by atoms with Crippen LogP contribution in [-0.4, -0.2) is 34.4 Å². The van der Waals surface area contributed by atoms with E-state index >= 15 is 0 Å². The lowest BCUT2D eigenvalue weighted by Gasteiger charge is -2.08. The third-order valence-electron chi connectivity index (χ3n) is 3.89. The fraction of sp³-hybridized carbons (Fsp3) is 0.190. The van der Waals surface area contributed by atoms with E-state index in [1.165, 1.54) is 18.7 Å². The Morgan fingerprint density at radius 2 is 1.93 bits per heavy atom. The number of esters is 1. The van der Waals surface area contributed by atoms with Crippen LogP contribution in [0.15, 0.2) is 58.2 Å². The molecule has 0 aliphatic heterocycles. The second-order valence-corrected chi connectivity index (χ2v) is 7.30. The Morgan fingerprint density at radius 1 is 1.17 bits per heavy atom. The van der Waals surface area contributed by atoms with Crippen molar-refractivity contribution < 1.29 is 23.6 Å². The van der Waals surface area contributed by atoms with Gasteiger partial charge in [0.25, 0.3) is 0 Å². The number of carbonyl (C=O) groups is 3. The highest BCUT2D eigenvalue weighted by atomic mass is 32.2. The molecule has 154 valence electrons. The van der Waals surface area contributed by atoms with Gasteiger partial charge >= 0.3 is 5.97 Å². The maximum absolute atomic E-state index is 12.5. The second kappa shape index (κ2) is 9.84. The van der Waals surface area contributed by atoms with Crippen LogP contribution in [-0.2, 0) is 15.3 Å². The van der Waals surface area contributed by atoms with Gasteiger partial charge in [0.1, 0.15) is 10.8 Å². The standard InChI is InChI=1S/C21H19N3O5S/c1-13-10-17(24-29-13)12-30-20-18(4-3-9-22-20)21(27)28-11-19(26)15-5-7-16(8-6-15)23-14(2)25/h3-10H,11-12H2,1-2H3,(H,23,25). The zero-order valence-electron chi connectivity index (χ0n) is 16.4. The van der Waals surface area contributed by atoms with Gasteiger partial charge in [-0.25, -0.2) is 9.78 Å². The minimum Gasteiger partial charge on any atom is -0.454 e. The van der Waals surface area contributed by atoms with E-state index < -0.39 is 12.6 Å². The molecule has 9 heteroatoms. The lowest BCUT2D eigenvalue weighted by molar-refractivity contribution is -0.114. The minimum atomic E-state index is -0.634. The van der Waals surface area contributed by atoms with E-state index in [1.54, 1.807) is 49.5 Å². The zero-order chi connectivity index (χ0) is 21.5. The van der Waals surface area contributed by atoms with Crippen LogP contribution in [0.25, 0.3) is 0 Å². The van der Waals surface area contributed by atoms with Crippen LogP contribution in [0.5, 0.6) is 0 Å². The average molecular weight is 425 g/mol. The molecule has 0 saturated heterocycles. The van der Waals surface area contributed by atoms with Crippen molar-refractivity contribution >= 4 is 35.1 Å². The van der Waals surface area contributed by atoms with Crippen LogP contribution in [0.4, 0.5) is 5.69 Å². The minimum absolute atomic E-state index is 0.202. The zero-order valence-corrected chi connectivity index (χ0v) is 17.2. The Labute approximate surface area is 177 Å². The molecule has 1 amide bonds. The highest BCUT2D eigenvalue weighted by Gasteiger charge is 2.17. The van der Waals surface area contributed by atoms with Gasteiger partial charge in [-0.1, -0.05) is 16.9 Å². The quantitative estimate of drug-likeness (QED) is 0.331. The number of hydrogen-bond acceptors (Lipinski definition) is 8. The number of rotatable bonds is 8. The van der Waals surface area contributed by atoms with Crippen LogP contribution >= 0.6 is 11.8 Å². The number of ether oxygens (including phenoxy) is 1. The molecule has 0 unspecified atom stereocenters. The van der Waals surface area contributed by atoms with Crippen molar-refractivity contribution in [3.63, 3.8) is 0 Å². The number of nitrogens with zero attached hydrogens (tertiary/aromatic N) is 2. The molecule has 3 rings (SSSR count). The summed E-state index contributed by atoms with van der Waals surface area (Å²) in [5, 5.41) is 7.01. The molecule has 8 nitrogen and oxygen atoms in total. The number of thioether (sulfide) groups is 1. The number of pyridine rings is 1. The number of hydrogen-bond donors (Lipinski definition) is 1. The van der Waals surface area contributed by atoms with E-state index in [9.17, 15) is 14.4 Å². The van der Waals surface area contributed by atoms with Crippen molar-refractivity contribution in [2.75, 3.05) is 11.9 Å². The number of aromatic nitrogens is 2. The van der Waals surface area contributed by atoms with Crippen LogP contribution < -0.4 is 5.32 Å². The van der Waals surface area contributed by atoms with Crippen LogP contribution in [0.1, 0.15) is 39.1 Å². The molecule has 1 aromatic carbocycles. The smallest absolute Gasteiger partial charge is 0.341 e. The molecule has 0 atom stereocenters. The van der Waals surface area contributed by atoms with Crippen LogP contribution in [0.2, 0.25) is 0 Å². The lowest BCUT2D eigenvalue weighted by Crippen LogP contribution is -2.15. The van der Waals surface area contributed by atoms with E-state index in [0.717, 1.165) is 5.69 Å². The first-order chi connectivity index (χ1) is 14.4. The van der Waals surface area contributed by atoms with Gasteiger partial charge in [0, 0.05) is 36.2 Å². The number of aryl methyl sites for hydroxylation is 1. The highest BCUT2D eigenvalue weighted by Crippen LogP contribution is 2.24. The summed E-state index contributed by atoms with van der Waals surface area (Å²) in [7, 11) is 0. The highest BCUT2D eigenvalue weighted by molar-refractivity contribution is 7.98. The Morgan fingerprint density at radius 3 is 2.60 bits per heavy atom. The third-order valence-corrected chi connectivity index (χ3v) is 4.93. The Balaban J connectivity index is 1.59. The normalized spacial score (nSPS) is 10.5. The number of nitrogens with one attached hydrogen (secondary N) is 1. The molecule has 0 radical (unpaired) electrons. The summed E-state index contributed by atoms with van der Waals surface area (Å²) in [6, 6.07) is 11.4. The van der Waals surface area contributed by atoms with Gasteiger partial charge in [-0.15, -0.1) is 0 Å². The second-order valence-electron chi connectivity index (χ2n) is 6.33. The first kappa shape index (κ1) is 21.3. The molecule has 0 bridgehead atoms. The molecule has 3 aromatic rings. The fourth-order valence-electron chi connectivity index (χ4n) is 2.52. The summed E-state index contributed by atoms with van der Waals surface area (Å²) >= 11 is 1.32. The summed E-state index contributed by atoms with van der Waals surface area (Å²) < 4.78 is 10.2. The van der Waals surface area contributed by atoms with Gasteiger partial charge in [-0.2, -0.15) is 0 Å². The Hall–Kier alpha value is -3.46. The fourth-order valence-corrected chi connectivity index (χ4v) is 3.39. The maximum Gasteiger partial charge on any atom is 0.341 e. The summed E-state index contributed by atoms with van der Waals surface area (Å²) in [6.45, 7) is 2.80. The van der Waals surface area contributed by atoms with Crippen molar-refractivity contribution in [2.45, 2.75) is 24.6 Å². The van der Waals surface area contributed by atoms with Gasteiger partial charge in [-0.05, 0) is 43.3 Å². The number of carbonyl (C=O) groups excluding carboxylic acids is 3. The molecule has 0 spiro atoms. The van der Waals surface area contributed by atoms with Gasteiger partial charge in [0.05, 0.1) is 11.3 Å². The molecule has 0 fully saturated rings. The molecular formula is C21H19N3O5S. The number of anilines is 1. The van der Waals surface area contributed by atoms with Crippen molar-refractivity contribution in [1.29, 1.82) is 0 Å². The summed E-state index contributed by atoms with van der Waals surface area (Å²) in [4.78, 5) is 40.1. The third kappa shape index (κ3) is 5.77. The van der Waals surface area contributed by atoms with Gasteiger partial charge in [-0.3, -0.25) is 9.59 Å². The molecule has 1 N–H and O–H groups in total. The number of Topliss-reactive ketones (excluding diaryl/α,β-unsaturated/α-hetero) is 1. The van der Waals surface area contributed by atoms with Gasteiger partial charge < -0.3 is 14.6 Å². The number of amides is 1. The Kier molecular flexibility index (Phi) is 6.97. The van der Waals surface area contributed by atoms with E-state index in [-0.39, 0.29) is 17.3 Å². The van der Waals surface area contributed by atoms with Gasteiger partial charge in [0.15, 0.2) is 12.4 Å². The van der Waals surface area contributed by atoms with Gasteiger partial charge in [0.2, 0.25) is 5.91 Å². The number of ketones is 1. The molecule has 2 aromatic heterocycles. The van der Waals surface area contributed by atoms with Crippen molar-refractivity contribution in [2.24, 2.45) is 0 Å². The lowest BCUT2D eigenvalue weighted by atomic mass is 10.1. The summed E-state index contributed by atoms with van der Waals surface area (Å²) in [5.41, 5.74) is 1.96. The van der Waals surface area contributed by atoms with E-state index in [1.807, 2.05) is 6.07 Å². The molecule has 0 saturated carbocycles. The predicted octanol–water partition coefficient (Wildman–Crippen LogP) is 3.67. The molecule has 0 aliphatic carbocycles. The monoisotopic (exact) mass is 425 g/mol. The van der Waals surface area contributed by atoms with Crippen molar-refractivity contribution in [3.8, 4) is 0 Å². The summed E-state index contributed by atoms with van der Waals surface area (Å²) in [5.74, 6) is -0.00505. The van der Waals surface area contributed by atoms with Crippen molar-refractivity contribution in [3.05, 3.63) is 71.2 Å². The van der Waals surface area contributed by atoms with Crippen LogP contribution in [0, 0.1) is 6.92 Å². The van der Waals surface area contributed by atoms with E-state index in [4.69, 9.17) is 9.26 Å². The first-order valence-electron chi connectivity index (χ1n) is 9.00. The van der Waals surface area contributed by atoms with E-state index in [2.05, 4.69) is 15.5 Å². The van der Waals surface area contributed by atoms with E-state index in [0.29, 0.717) is 27.8 Å².